The summed E-state index contributed by atoms with van der Waals surface area (Å²) >= 11 is 0. The summed E-state index contributed by atoms with van der Waals surface area (Å²) in [4.78, 5) is 0. The van der Waals surface area contributed by atoms with E-state index in [1.165, 1.54) is 22.3 Å². The Hall–Kier alpha value is -2.60. The van der Waals surface area contributed by atoms with E-state index in [1.54, 1.807) is 0 Å². The Morgan fingerprint density at radius 3 is 1.61 bits per heavy atom. The Bertz CT molecular complexity index is 761. The van der Waals surface area contributed by atoms with Crippen molar-refractivity contribution in [3.05, 3.63) is 114 Å². The van der Waals surface area contributed by atoms with Gasteiger partial charge in [0.1, 0.15) is 0 Å². The number of hydrogen-bond donors (Lipinski definition) is 0. The van der Waals surface area contributed by atoms with Gasteiger partial charge in [0.2, 0.25) is 0 Å². The van der Waals surface area contributed by atoms with Crippen molar-refractivity contribution in [1.82, 2.24) is 0 Å². The average molecular weight is 296 g/mol. The maximum absolute atomic E-state index is 4.43. The van der Waals surface area contributed by atoms with Gasteiger partial charge in [-0.05, 0) is 34.6 Å². The van der Waals surface area contributed by atoms with E-state index < -0.39 is 0 Å². The largest absolute Gasteiger partial charge is 0.0949 e. The molecule has 0 nitrogen and oxygen atoms in total. The van der Waals surface area contributed by atoms with Gasteiger partial charge in [-0.2, -0.15) is 0 Å². The van der Waals surface area contributed by atoms with Crippen molar-refractivity contribution in [2.75, 3.05) is 0 Å². The van der Waals surface area contributed by atoms with Crippen LogP contribution in [0.5, 0.6) is 0 Å². The van der Waals surface area contributed by atoms with E-state index in [9.17, 15) is 0 Å². The van der Waals surface area contributed by atoms with Gasteiger partial charge in [0.15, 0.2) is 0 Å². The van der Waals surface area contributed by atoms with Crippen LogP contribution in [-0.2, 0) is 5.41 Å². The topological polar surface area (TPSA) is 0 Å². The first-order valence-electron chi connectivity index (χ1n) is 8.17. The zero-order chi connectivity index (χ0) is 15.7. The molecule has 0 bridgehead atoms. The highest BCUT2D eigenvalue weighted by molar-refractivity contribution is 5.73. The van der Waals surface area contributed by atoms with E-state index in [1.807, 2.05) is 0 Å². The molecule has 0 heteroatoms. The van der Waals surface area contributed by atoms with Crippen molar-refractivity contribution < 1.29 is 0 Å². The van der Waals surface area contributed by atoms with Crippen molar-refractivity contribution >= 4 is 5.57 Å². The third-order valence-corrected chi connectivity index (χ3v) is 5.10. The molecule has 23 heavy (non-hydrogen) atoms. The summed E-state index contributed by atoms with van der Waals surface area (Å²) < 4.78 is 0. The van der Waals surface area contributed by atoms with Crippen LogP contribution in [0.25, 0.3) is 5.57 Å². The number of allylic oxidation sites excluding steroid dienone is 1. The summed E-state index contributed by atoms with van der Waals surface area (Å²) in [6, 6.07) is 32.3. The van der Waals surface area contributed by atoms with E-state index in [2.05, 4.69) is 97.6 Å². The fourth-order valence-corrected chi connectivity index (χ4v) is 3.81. The summed E-state index contributed by atoms with van der Waals surface area (Å²) in [5.74, 6) is 0.467. The van der Waals surface area contributed by atoms with Gasteiger partial charge in [-0.25, -0.2) is 0 Å². The number of hydrogen-bond acceptors (Lipinski definition) is 0. The quantitative estimate of drug-likeness (QED) is 0.579. The molecular weight excluding hydrogens is 276 g/mol. The van der Waals surface area contributed by atoms with Crippen LogP contribution in [0.15, 0.2) is 97.6 Å². The predicted octanol–water partition coefficient (Wildman–Crippen LogP) is 5.71. The van der Waals surface area contributed by atoms with Crippen LogP contribution >= 0.6 is 0 Å². The molecule has 1 atom stereocenters. The monoisotopic (exact) mass is 296 g/mol. The van der Waals surface area contributed by atoms with Crippen molar-refractivity contribution in [3.63, 3.8) is 0 Å². The second kappa shape index (κ2) is 5.55. The maximum Gasteiger partial charge on any atom is 0.0278 e. The third kappa shape index (κ3) is 2.31. The molecule has 1 unspecified atom stereocenters. The molecule has 0 amide bonds. The van der Waals surface area contributed by atoms with Crippen LogP contribution in [-0.4, -0.2) is 0 Å². The summed E-state index contributed by atoms with van der Waals surface area (Å²) in [6.07, 6.45) is 1.13. The highest BCUT2D eigenvalue weighted by atomic mass is 14.6. The van der Waals surface area contributed by atoms with Crippen molar-refractivity contribution in [1.29, 1.82) is 0 Å². The van der Waals surface area contributed by atoms with Crippen molar-refractivity contribution in [2.24, 2.45) is 5.92 Å². The Morgan fingerprint density at radius 2 is 1.13 bits per heavy atom. The number of rotatable bonds is 4. The van der Waals surface area contributed by atoms with Gasteiger partial charge in [-0.3, -0.25) is 0 Å². The van der Waals surface area contributed by atoms with Gasteiger partial charge in [-0.15, -0.1) is 0 Å². The molecule has 0 aromatic heterocycles. The lowest BCUT2D eigenvalue weighted by Crippen LogP contribution is -2.12. The molecule has 1 saturated carbocycles. The molecular formula is C23H20. The van der Waals surface area contributed by atoms with Crippen LogP contribution in [0.3, 0.4) is 0 Å². The number of benzene rings is 3. The molecule has 0 heterocycles. The van der Waals surface area contributed by atoms with Gasteiger partial charge in [-0.1, -0.05) is 97.6 Å². The highest BCUT2D eigenvalue weighted by Crippen LogP contribution is 2.63. The molecule has 1 aliphatic carbocycles. The molecule has 0 aliphatic heterocycles. The predicted molar refractivity (Wildman–Crippen MR) is 97.2 cm³/mol. The molecule has 1 aliphatic rings. The normalized spacial score (nSPS) is 18.3. The first-order chi connectivity index (χ1) is 11.3. The Morgan fingerprint density at radius 1 is 0.696 bits per heavy atom. The zero-order valence-electron chi connectivity index (χ0n) is 13.2. The van der Waals surface area contributed by atoms with E-state index >= 15 is 0 Å². The third-order valence-electron chi connectivity index (χ3n) is 5.10. The average Bonchev–Trinajstić information content (AvgIpc) is 3.40. The summed E-state index contributed by atoms with van der Waals surface area (Å²) in [5.41, 5.74) is 5.38. The molecule has 0 saturated heterocycles. The Kier molecular flexibility index (Phi) is 3.38. The molecule has 0 N–H and O–H groups in total. The van der Waals surface area contributed by atoms with Gasteiger partial charge in [0.05, 0.1) is 0 Å². The van der Waals surface area contributed by atoms with Crippen LogP contribution in [0.1, 0.15) is 23.1 Å². The van der Waals surface area contributed by atoms with E-state index in [4.69, 9.17) is 0 Å². The lowest BCUT2D eigenvalue weighted by atomic mass is 9.83. The minimum Gasteiger partial charge on any atom is -0.0949 e. The lowest BCUT2D eigenvalue weighted by molar-refractivity contribution is 0.799. The molecule has 3 aromatic carbocycles. The minimum absolute atomic E-state index is 0.0788. The molecule has 112 valence electrons. The summed E-state index contributed by atoms with van der Waals surface area (Å²) in [6.45, 7) is 4.43. The van der Waals surface area contributed by atoms with Crippen LogP contribution in [0, 0.1) is 5.92 Å². The smallest absolute Gasteiger partial charge is 0.0278 e. The zero-order valence-corrected chi connectivity index (χ0v) is 13.2. The first-order valence-corrected chi connectivity index (χ1v) is 8.17. The minimum atomic E-state index is 0.0788. The molecule has 0 spiro atoms. The van der Waals surface area contributed by atoms with E-state index in [0.717, 1.165) is 6.42 Å². The van der Waals surface area contributed by atoms with Gasteiger partial charge >= 0.3 is 0 Å². The van der Waals surface area contributed by atoms with Gasteiger partial charge in [0.25, 0.3) is 0 Å². The van der Waals surface area contributed by atoms with Gasteiger partial charge < -0.3 is 0 Å². The van der Waals surface area contributed by atoms with Crippen molar-refractivity contribution in [3.8, 4) is 0 Å². The second-order valence-corrected chi connectivity index (χ2v) is 6.35. The highest BCUT2D eigenvalue weighted by Gasteiger charge is 2.57. The Labute approximate surface area is 138 Å². The Balaban J connectivity index is 1.77. The second-order valence-electron chi connectivity index (χ2n) is 6.35. The molecule has 1 fully saturated rings. The lowest BCUT2D eigenvalue weighted by Gasteiger charge is -2.20. The fourth-order valence-electron chi connectivity index (χ4n) is 3.81. The van der Waals surface area contributed by atoms with Gasteiger partial charge in [0, 0.05) is 5.41 Å². The SMILES string of the molecule is C=C(c1ccccc1)C1CC1(c1ccccc1)c1ccccc1. The standard InChI is InChI=1S/C23H20/c1-18(19-11-5-2-6-12-19)22-17-23(22,20-13-7-3-8-14-20)21-15-9-4-10-16-21/h2-16,22H,1,17H2. The summed E-state index contributed by atoms with van der Waals surface area (Å²) in [5, 5.41) is 0. The van der Waals surface area contributed by atoms with Crippen LogP contribution in [0.2, 0.25) is 0 Å². The molecule has 4 rings (SSSR count). The maximum atomic E-state index is 4.43. The van der Waals surface area contributed by atoms with E-state index in [-0.39, 0.29) is 5.41 Å². The van der Waals surface area contributed by atoms with Crippen LogP contribution < -0.4 is 0 Å². The van der Waals surface area contributed by atoms with Crippen molar-refractivity contribution in [2.45, 2.75) is 11.8 Å². The first kappa shape index (κ1) is 14.0. The molecule has 0 radical (unpaired) electrons. The van der Waals surface area contributed by atoms with E-state index in [0.29, 0.717) is 5.92 Å². The summed E-state index contributed by atoms with van der Waals surface area (Å²) in [7, 11) is 0. The molecule has 3 aromatic rings. The van der Waals surface area contributed by atoms with Crippen LogP contribution in [0.4, 0.5) is 0 Å². The fraction of sp³-hybridized carbons (Fsp3) is 0.130.